The Morgan fingerprint density at radius 1 is 1.27 bits per heavy atom. The van der Waals surface area contributed by atoms with Crippen LogP contribution >= 0.6 is 0 Å². The molecule has 182 valence electrons. The molecule has 0 unspecified atom stereocenters. The Labute approximate surface area is 199 Å². The molecule has 0 aliphatic carbocycles. The van der Waals surface area contributed by atoms with Gasteiger partial charge in [0.05, 0.1) is 25.0 Å². The van der Waals surface area contributed by atoms with Gasteiger partial charge in [0.25, 0.3) is 0 Å². The van der Waals surface area contributed by atoms with Gasteiger partial charge in [-0.3, -0.25) is 4.90 Å². The number of amides is 2. The molecule has 33 heavy (non-hydrogen) atoms. The highest BCUT2D eigenvalue weighted by Crippen LogP contribution is 2.30. The van der Waals surface area contributed by atoms with Crippen molar-refractivity contribution in [3.05, 3.63) is 41.2 Å². The molecule has 0 atom stereocenters. The van der Waals surface area contributed by atoms with Crippen molar-refractivity contribution >= 4 is 6.03 Å². The van der Waals surface area contributed by atoms with Crippen LogP contribution in [0.15, 0.2) is 24.3 Å². The first-order chi connectivity index (χ1) is 15.6. The number of hydrogen-bond donors (Lipinski definition) is 1. The second-order valence-corrected chi connectivity index (χ2v) is 10.4. The molecule has 0 saturated heterocycles. The quantitative estimate of drug-likeness (QED) is 0.631. The molecule has 3 rings (SSSR count). The normalized spacial score (nSPS) is 14.3. The highest BCUT2D eigenvalue weighted by Gasteiger charge is 2.29. The number of nitrogens with one attached hydrogen (secondary N) is 1. The van der Waals surface area contributed by atoms with E-state index in [2.05, 4.69) is 31.0 Å². The van der Waals surface area contributed by atoms with Gasteiger partial charge < -0.3 is 15.0 Å². The molecular weight excluding hydrogens is 414 g/mol. The minimum Gasteiger partial charge on any atom is -0.494 e. The number of rotatable bonds is 8. The third-order valence-corrected chi connectivity index (χ3v) is 5.77. The zero-order valence-corrected chi connectivity index (χ0v) is 21.4. The third-order valence-electron chi connectivity index (χ3n) is 5.77. The number of aromatic nitrogens is 2. The molecule has 1 aromatic carbocycles. The van der Waals surface area contributed by atoms with Crippen molar-refractivity contribution in [3.63, 3.8) is 0 Å². The molecule has 2 heterocycles. The highest BCUT2D eigenvalue weighted by atomic mass is 16.5. The molecular formula is C26H41N5O2. The number of fused-ring (bicyclic) bond motifs is 1. The van der Waals surface area contributed by atoms with Crippen LogP contribution < -0.4 is 10.1 Å². The first-order valence-electron chi connectivity index (χ1n) is 12.2. The zero-order valence-electron chi connectivity index (χ0n) is 21.4. The van der Waals surface area contributed by atoms with Gasteiger partial charge in [-0.1, -0.05) is 32.9 Å². The summed E-state index contributed by atoms with van der Waals surface area (Å²) in [5, 5.41) is 8.21. The van der Waals surface area contributed by atoms with Crippen molar-refractivity contribution in [2.24, 2.45) is 5.92 Å². The van der Waals surface area contributed by atoms with Gasteiger partial charge in [0, 0.05) is 37.2 Å². The van der Waals surface area contributed by atoms with E-state index in [0.29, 0.717) is 19.0 Å². The number of hydrogen-bond acceptors (Lipinski definition) is 4. The van der Waals surface area contributed by atoms with Crippen molar-refractivity contribution in [1.29, 1.82) is 0 Å². The van der Waals surface area contributed by atoms with Crippen LogP contribution in [0.5, 0.6) is 5.75 Å². The molecule has 7 nitrogen and oxygen atoms in total. The fourth-order valence-electron chi connectivity index (χ4n) is 4.42. The SMILES string of the molecule is CCCN1CCc2c(c(CN(CC(C)C)C(=O)NC(C)(C)C)nn2-c2ccccc2OC)C1. The lowest BCUT2D eigenvalue weighted by Gasteiger charge is -2.30. The van der Waals surface area contributed by atoms with Crippen molar-refractivity contribution < 1.29 is 9.53 Å². The Morgan fingerprint density at radius 3 is 2.64 bits per heavy atom. The van der Waals surface area contributed by atoms with Gasteiger partial charge in [-0.25, -0.2) is 9.48 Å². The van der Waals surface area contributed by atoms with Gasteiger partial charge in [-0.05, 0) is 51.8 Å². The number of urea groups is 1. The van der Waals surface area contributed by atoms with Gasteiger partial charge in [-0.2, -0.15) is 5.10 Å². The predicted octanol–water partition coefficient (Wildman–Crippen LogP) is 4.62. The summed E-state index contributed by atoms with van der Waals surface area (Å²) in [6, 6.07) is 7.96. The van der Waals surface area contributed by atoms with Gasteiger partial charge >= 0.3 is 6.03 Å². The molecule has 0 fully saturated rings. The van der Waals surface area contributed by atoms with Crippen LogP contribution in [-0.2, 0) is 19.5 Å². The number of carbonyl (C=O) groups is 1. The van der Waals surface area contributed by atoms with Crippen LogP contribution in [0.1, 0.15) is 64.9 Å². The van der Waals surface area contributed by atoms with Gasteiger partial charge in [0.1, 0.15) is 11.4 Å². The lowest BCUT2D eigenvalue weighted by molar-refractivity contribution is 0.177. The molecule has 2 amide bonds. The standard InChI is InChI=1S/C26H41N5O2/c1-8-14-29-15-13-22-20(17-29)21(28-31(22)23-11-9-10-12-24(23)33-7)18-30(16-19(2)3)25(32)27-26(4,5)6/h9-12,19H,8,13-18H2,1-7H3,(H,27,32). The lowest BCUT2D eigenvalue weighted by atomic mass is 10.0. The molecule has 1 aliphatic heterocycles. The molecule has 1 N–H and O–H groups in total. The minimum absolute atomic E-state index is 0.0435. The summed E-state index contributed by atoms with van der Waals surface area (Å²) in [5.74, 6) is 1.16. The van der Waals surface area contributed by atoms with E-state index in [1.807, 2.05) is 54.6 Å². The van der Waals surface area contributed by atoms with E-state index in [4.69, 9.17) is 9.84 Å². The van der Waals surface area contributed by atoms with Crippen molar-refractivity contribution in [2.45, 2.75) is 73.0 Å². The number of benzene rings is 1. The van der Waals surface area contributed by atoms with Crippen LogP contribution in [0.3, 0.4) is 0 Å². The molecule has 2 aromatic rings. The number of nitrogens with zero attached hydrogens (tertiary/aromatic N) is 4. The Bertz CT molecular complexity index is 945. The zero-order chi connectivity index (χ0) is 24.2. The molecule has 7 heteroatoms. The first kappa shape index (κ1) is 25.1. The van der Waals surface area contributed by atoms with Crippen molar-refractivity contribution in [3.8, 4) is 11.4 Å². The van der Waals surface area contributed by atoms with E-state index in [9.17, 15) is 4.79 Å². The molecule has 1 aliphatic rings. The second kappa shape index (κ2) is 10.6. The van der Waals surface area contributed by atoms with E-state index in [1.54, 1.807) is 7.11 Å². The third kappa shape index (κ3) is 6.28. The summed E-state index contributed by atoms with van der Waals surface area (Å²) in [4.78, 5) is 17.6. The van der Waals surface area contributed by atoms with E-state index in [0.717, 1.165) is 49.6 Å². The summed E-state index contributed by atoms with van der Waals surface area (Å²) in [7, 11) is 1.69. The van der Waals surface area contributed by atoms with Crippen LogP contribution in [-0.4, -0.2) is 57.9 Å². The van der Waals surface area contributed by atoms with Crippen LogP contribution in [0.25, 0.3) is 5.69 Å². The number of methoxy groups -OCH3 is 1. The average molecular weight is 456 g/mol. The van der Waals surface area contributed by atoms with Gasteiger partial charge in [-0.15, -0.1) is 0 Å². The molecule has 0 saturated carbocycles. The van der Waals surface area contributed by atoms with E-state index >= 15 is 0 Å². The molecule has 1 aromatic heterocycles. The fourth-order valence-corrected chi connectivity index (χ4v) is 4.42. The Kier molecular flexibility index (Phi) is 8.05. The number of carbonyl (C=O) groups excluding carboxylic acids is 1. The molecule has 0 bridgehead atoms. The van der Waals surface area contributed by atoms with E-state index < -0.39 is 0 Å². The van der Waals surface area contributed by atoms with E-state index in [1.165, 1.54) is 11.3 Å². The van der Waals surface area contributed by atoms with Crippen molar-refractivity contribution in [1.82, 2.24) is 24.9 Å². The predicted molar refractivity (Wildman–Crippen MR) is 133 cm³/mol. The van der Waals surface area contributed by atoms with Crippen LogP contribution in [0, 0.1) is 5.92 Å². The monoisotopic (exact) mass is 455 g/mol. The Morgan fingerprint density at radius 2 is 2.00 bits per heavy atom. The number of ether oxygens (including phenoxy) is 1. The van der Waals surface area contributed by atoms with Gasteiger partial charge in [0.2, 0.25) is 0 Å². The Hall–Kier alpha value is -2.54. The molecule has 0 radical (unpaired) electrons. The van der Waals surface area contributed by atoms with E-state index in [-0.39, 0.29) is 11.6 Å². The average Bonchev–Trinajstić information content (AvgIpc) is 3.09. The minimum atomic E-state index is -0.291. The summed E-state index contributed by atoms with van der Waals surface area (Å²) < 4.78 is 7.68. The largest absolute Gasteiger partial charge is 0.494 e. The summed E-state index contributed by atoms with van der Waals surface area (Å²) in [6.07, 6.45) is 2.05. The second-order valence-electron chi connectivity index (χ2n) is 10.4. The highest BCUT2D eigenvalue weighted by molar-refractivity contribution is 5.75. The summed E-state index contributed by atoms with van der Waals surface area (Å²) in [6.45, 7) is 16.7. The lowest BCUT2D eigenvalue weighted by Crippen LogP contribution is -2.49. The smallest absolute Gasteiger partial charge is 0.318 e. The topological polar surface area (TPSA) is 62.6 Å². The Balaban J connectivity index is 2.02. The van der Waals surface area contributed by atoms with Crippen molar-refractivity contribution in [2.75, 3.05) is 26.7 Å². The summed E-state index contributed by atoms with van der Waals surface area (Å²) in [5.41, 5.74) is 4.10. The van der Waals surface area contributed by atoms with Gasteiger partial charge in [0.15, 0.2) is 0 Å². The van der Waals surface area contributed by atoms with Crippen LogP contribution in [0.2, 0.25) is 0 Å². The molecule has 0 spiro atoms. The first-order valence-corrected chi connectivity index (χ1v) is 12.2. The maximum Gasteiger partial charge on any atom is 0.318 e. The maximum atomic E-state index is 13.2. The fraction of sp³-hybridized carbons (Fsp3) is 0.615. The maximum absolute atomic E-state index is 13.2. The van der Waals surface area contributed by atoms with Crippen LogP contribution in [0.4, 0.5) is 4.79 Å². The summed E-state index contributed by atoms with van der Waals surface area (Å²) >= 11 is 0. The number of para-hydroxylation sites is 2.